The maximum atomic E-state index is 11.7. The Labute approximate surface area is 133 Å². The summed E-state index contributed by atoms with van der Waals surface area (Å²) in [6, 6.07) is 0. The van der Waals surface area contributed by atoms with E-state index < -0.39 is 5.60 Å². The van der Waals surface area contributed by atoms with Crippen molar-refractivity contribution in [3.8, 4) is 0 Å². The second-order valence-electron chi connectivity index (χ2n) is 9.05. The fourth-order valence-electron chi connectivity index (χ4n) is 7.44. The van der Waals surface area contributed by atoms with Crippen LogP contribution in [0.4, 0.5) is 0 Å². The SMILES string of the molecule is COC(=O)CC(C)(O)C1CC2CC1C1C3CC(C(C)C3C)C21. The first-order valence-electron chi connectivity index (χ1n) is 9.14. The van der Waals surface area contributed by atoms with Gasteiger partial charge in [-0.1, -0.05) is 13.8 Å². The van der Waals surface area contributed by atoms with Gasteiger partial charge in [-0.2, -0.15) is 0 Å². The molecule has 0 radical (unpaired) electrons. The van der Waals surface area contributed by atoms with Crippen LogP contribution in [-0.4, -0.2) is 23.8 Å². The number of carbonyl (C=O) groups excluding carboxylic acids is 1. The molecule has 0 aliphatic heterocycles. The molecular weight excluding hydrogens is 276 g/mol. The quantitative estimate of drug-likeness (QED) is 0.644. The molecule has 4 fully saturated rings. The molecule has 10 unspecified atom stereocenters. The lowest BCUT2D eigenvalue weighted by Gasteiger charge is -2.46. The lowest BCUT2D eigenvalue weighted by atomic mass is 9.59. The third-order valence-corrected chi connectivity index (χ3v) is 8.37. The van der Waals surface area contributed by atoms with Crippen LogP contribution in [0.3, 0.4) is 0 Å². The fraction of sp³-hybridized carbons (Fsp3) is 0.947. The predicted octanol–water partition coefficient (Wildman–Crippen LogP) is 3.11. The van der Waals surface area contributed by atoms with Crippen molar-refractivity contribution in [2.45, 2.75) is 52.1 Å². The second-order valence-corrected chi connectivity index (χ2v) is 9.05. The van der Waals surface area contributed by atoms with Gasteiger partial charge in [0.15, 0.2) is 0 Å². The molecule has 4 saturated carbocycles. The van der Waals surface area contributed by atoms with E-state index in [-0.39, 0.29) is 12.4 Å². The number of aliphatic hydroxyl groups is 1. The van der Waals surface area contributed by atoms with Gasteiger partial charge < -0.3 is 9.84 Å². The van der Waals surface area contributed by atoms with Gasteiger partial charge in [0.2, 0.25) is 0 Å². The van der Waals surface area contributed by atoms with E-state index in [4.69, 9.17) is 4.74 Å². The summed E-state index contributed by atoms with van der Waals surface area (Å²) in [5.74, 6) is 6.74. The molecule has 4 aliphatic rings. The van der Waals surface area contributed by atoms with E-state index in [1.807, 2.05) is 6.92 Å². The first-order valence-corrected chi connectivity index (χ1v) is 9.14. The maximum Gasteiger partial charge on any atom is 0.308 e. The molecule has 4 aliphatic carbocycles. The van der Waals surface area contributed by atoms with Gasteiger partial charge in [-0.3, -0.25) is 4.79 Å². The number of fused-ring (bicyclic) bond motifs is 9. The summed E-state index contributed by atoms with van der Waals surface area (Å²) in [6.07, 6.45) is 4.00. The number of ether oxygens (including phenoxy) is 1. The zero-order valence-electron chi connectivity index (χ0n) is 14.3. The van der Waals surface area contributed by atoms with Crippen molar-refractivity contribution in [2.24, 2.45) is 53.3 Å². The van der Waals surface area contributed by atoms with Gasteiger partial charge in [0, 0.05) is 0 Å². The predicted molar refractivity (Wildman–Crippen MR) is 83.9 cm³/mol. The molecule has 4 rings (SSSR count). The van der Waals surface area contributed by atoms with Gasteiger partial charge in [-0.25, -0.2) is 0 Å². The molecular formula is C19H30O3. The highest BCUT2D eigenvalue weighted by Gasteiger charge is 2.67. The molecule has 0 amide bonds. The summed E-state index contributed by atoms with van der Waals surface area (Å²) in [6.45, 7) is 6.77. The van der Waals surface area contributed by atoms with Crippen LogP contribution in [0.25, 0.3) is 0 Å². The van der Waals surface area contributed by atoms with Crippen molar-refractivity contribution >= 4 is 5.97 Å². The van der Waals surface area contributed by atoms with Crippen molar-refractivity contribution in [1.29, 1.82) is 0 Å². The molecule has 0 saturated heterocycles. The Morgan fingerprint density at radius 1 is 1.09 bits per heavy atom. The van der Waals surface area contributed by atoms with E-state index in [1.165, 1.54) is 20.0 Å². The fourth-order valence-corrected chi connectivity index (χ4v) is 7.44. The van der Waals surface area contributed by atoms with Crippen molar-refractivity contribution in [3.63, 3.8) is 0 Å². The van der Waals surface area contributed by atoms with E-state index in [2.05, 4.69) is 13.8 Å². The molecule has 124 valence electrons. The third-order valence-electron chi connectivity index (χ3n) is 8.37. The number of rotatable bonds is 3. The summed E-state index contributed by atoms with van der Waals surface area (Å²) in [4.78, 5) is 11.7. The molecule has 3 nitrogen and oxygen atoms in total. The average molecular weight is 306 g/mol. The highest BCUT2D eigenvalue weighted by molar-refractivity contribution is 5.70. The summed E-state index contributed by atoms with van der Waals surface area (Å²) in [5.41, 5.74) is -0.895. The lowest BCUT2D eigenvalue weighted by Crippen LogP contribution is -2.46. The number of esters is 1. The van der Waals surface area contributed by atoms with Crippen LogP contribution in [0, 0.1) is 53.3 Å². The van der Waals surface area contributed by atoms with Crippen LogP contribution in [0.1, 0.15) is 46.5 Å². The Morgan fingerprint density at radius 2 is 1.73 bits per heavy atom. The second kappa shape index (κ2) is 4.72. The molecule has 0 heterocycles. The molecule has 22 heavy (non-hydrogen) atoms. The monoisotopic (exact) mass is 306 g/mol. The van der Waals surface area contributed by atoms with E-state index >= 15 is 0 Å². The molecule has 3 heteroatoms. The molecule has 0 spiro atoms. The third kappa shape index (κ3) is 1.81. The van der Waals surface area contributed by atoms with E-state index in [1.54, 1.807) is 0 Å². The largest absolute Gasteiger partial charge is 0.469 e. The van der Waals surface area contributed by atoms with Crippen LogP contribution in [-0.2, 0) is 9.53 Å². The minimum atomic E-state index is -0.895. The summed E-state index contributed by atoms with van der Waals surface area (Å²) in [5, 5.41) is 10.9. The highest BCUT2D eigenvalue weighted by atomic mass is 16.5. The van der Waals surface area contributed by atoms with Crippen LogP contribution in [0.2, 0.25) is 0 Å². The Bertz CT molecular complexity index is 485. The summed E-state index contributed by atoms with van der Waals surface area (Å²) >= 11 is 0. The first kappa shape index (κ1) is 15.0. The van der Waals surface area contributed by atoms with Crippen LogP contribution in [0.5, 0.6) is 0 Å². The Balaban J connectivity index is 1.56. The Morgan fingerprint density at radius 3 is 2.36 bits per heavy atom. The molecule has 10 atom stereocenters. The van der Waals surface area contributed by atoms with Gasteiger partial charge in [0.1, 0.15) is 0 Å². The normalized spacial score (nSPS) is 54.3. The van der Waals surface area contributed by atoms with Crippen molar-refractivity contribution < 1.29 is 14.6 Å². The van der Waals surface area contributed by atoms with E-state index in [9.17, 15) is 9.90 Å². The van der Waals surface area contributed by atoms with Gasteiger partial charge in [-0.15, -0.1) is 0 Å². The molecule has 0 aromatic carbocycles. The van der Waals surface area contributed by atoms with Crippen LogP contribution < -0.4 is 0 Å². The highest BCUT2D eigenvalue weighted by Crippen LogP contribution is 2.72. The van der Waals surface area contributed by atoms with Crippen molar-refractivity contribution in [3.05, 3.63) is 0 Å². The summed E-state index contributed by atoms with van der Waals surface area (Å²) < 4.78 is 4.79. The minimum Gasteiger partial charge on any atom is -0.469 e. The van der Waals surface area contributed by atoms with E-state index in [0.717, 1.165) is 47.8 Å². The zero-order chi connectivity index (χ0) is 15.8. The molecule has 1 N–H and O–H groups in total. The van der Waals surface area contributed by atoms with Gasteiger partial charge in [0.25, 0.3) is 0 Å². The van der Waals surface area contributed by atoms with E-state index in [0.29, 0.717) is 11.8 Å². The zero-order valence-corrected chi connectivity index (χ0v) is 14.3. The minimum absolute atomic E-state index is 0.148. The summed E-state index contributed by atoms with van der Waals surface area (Å²) in [7, 11) is 1.41. The standard InChI is InChI=1S/C19H30O3/c1-9-10(2)13-7-12(9)17-11-5-14(18(13)17)15(6-11)19(3,21)8-16(20)22-4/h9-15,17-18,21H,5-8H2,1-4H3. The Hall–Kier alpha value is -0.570. The van der Waals surface area contributed by atoms with Crippen LogP contribution in [0.15, 0.2) is 0 Å². The molecule has 0 aromatic heterocycles. The van der Waals surface area contributed by atoms with Crippen molar-refractivity contribution in [1.82, 2.24) is 0 Å². The molecule has 0 aromatic rings. The van der Waals surface area contributed by atoms with Crippen LogP contribution >= 0.6 is 0 Å². The number of carbonyl (C=O) groups is 1. The maximum absolute atomic E-state index is 11.7. The average Bonchev–Trinajstić information content (AvgIpc) is 3.18. The van der Waals surface area contributed by atoms with Crippen molar-refractivity contribution in [2.75, 3.05) is 7.11 Å². The number of hydrogen-bond donors (Lipinski definition) is 1. The Kier molecular flexibility index (Phi) is 3.21. The van der Waals surface area contributed by atoms with Gasteiger partial charge in [0.05, 0.1) is 19.1 Å². The van der Waals surface area contributed by atoms with Gasteiger partial charge in [-0.05, 0) is 79.4 Å². The molecule has 4 bridgehead atoms. The first-order chi connectivity index (χ1) is 10.3. The smallest absolute Gasteiger partial charge is 0.308 e. The lowest BCUT2D eigenvalue weighted by molar-refractivity contribution is -0.150. The van der Waals surface area contributed by atoms with Gasteiger partial charge >= 0.3 is 5.97 Å². The number of hydrogen-bond acceptors (Lipinski definition) is 3. The topological polar surface area (TPSA) is 46.5 Å². The number of methoxy groups -OCH3 is 1.